The summed E-state index contributed by atoms with van der Waals surface area (Å²) in [4.78, 5) is 3.99. The second-order valence-corrected chi connectivity index (χ2v) is 6.10. The lowest BCUT2D eigenvalue weighted by atomic mass is 9.97. The second kappa shape index (κ2) is 4.54. The fraction of sp³-hybridized carbons (Fsp3) is 0.571. The normalized spacial score (nSPS) is 31.9. The van der Waals surface area contributed by atoms with Crippen molar-refractivity contribution in [2.45, 2.75) is 48.7 Å². The van der Waals surface area contributed by atoms with E-state index in [4.69, 9.17) is 5.73 Å². The average molecular weight is 248 g/mol. The minimum absolute atomic E-state index is 0.424. The minimum Gasteiger partial charge on any atom is -0.365 e. The van der Waals surface area contributed by atoms with E-state index in [2.05, 4.69) is 35.4 Å². The third kappa shape index (κ3) is 2.06. The van der Waals surface area contributed by atoms with Crippen LogP contribution >= 0.6 is 11.8 Å². The number of nitrogens with two attached hydrogens (primary N) is 1. The molecular formula is C14H20N2S. The van der Waals surface area contributed by atoms with Crippen molar-refractivity contribution in [3.63, 3.8) is 0 Å². The molecule has 3 rings (SSSR count). The van der Waals surface area contributed by atoms with Crippen LogP contribution in [0.25, 0.3) is 0 Å². The third-order valence-corrected chi connectivity index (χ3v) is 4.85. The molecule has 2 aliphatic heterocycles. The summed E-state index contributed by atoms with van der Waals surface area (Å²) in [5.74, 6) is 0. The zero-order chi connectivity index (χ0) is 11.8. The van der Waals surface area contributed by atoms with Crippen molar-refractivity contribution in [2.75, 3.05) is 11.2 Å². The van der Waals surface area contributed by atoms with Gasteiger partial charge < -0.3 is 10.6 Å². The zero-order valence-corrected chi connectivity index (χ0v) is 11.1. The third-order valence-electron chi connectivity index (χ3n) is 4.12. The standard InChI is InChI=1S/C14H20N2S/c1-17-14-4-2-3-11(9-14)16-12-5-6-13(16)8-10(15)7-12/h2-4,9-10,12-13H,5-8,15H2,1H3. The summed E-state index contributed by atoms with van der Waals surface area (Å²) in [6, 6.07) is 10.7. The van der Waals surface area contributed by atoms with Crippen LogP contribution in [0.2, 0.25) is 0 Å². The summed E-state index contributed by atoms with van der Waals surface area (Å²) < 4.78 is 0. The molecule has 2 fully saturated rings. The Kier molecular flexibility index (Phi) is 3.05. The molecule has 0 spiro atoms. The van der Waals surface area contributed by atoms with E-state index in [0.29, 0.717) is 18.1 Å². The first-order valence-electron chi connectivity index (χ1n) is 6.46. The maximum atomic E-state index is 6.12. The topological polar surface area (TPSA) is 29.3 Å². The molecule has 0 aliphatic carbocycles. The van der Waals surface area contributed by atoms with E-state index in [1.165, 1.54) is 36.3 Å². The van der Waals surface area contributed by atoms with Crippen molar-refractivity contribution >= 4 is 17.4 Å². The van der Waals surface area contributed by atoms with Gasteiger partial charge in [0.1, 0.15) is 0 Å². The van der Waals surface area contributed by atoms with Crippen LogP contribution in [0, 0.1) is 0 Å². The molecule has 2 saturated heterocycles. The molecule has 1 aromatic carbocycles. The quantitative estimate of drug-likeness (QED) is 0.816. The Morgan fingerprint density at radius 1 is 1.24 bits per heavy atom. The number of benzene rings is 1. The van der Waals surface area contributed by atoms with Crippen LogP contribution in [0.15, 0.2) is 29.2 Å². The molecule has 2 aliphatic rings. The Balaban J connectivity index is 1.89. The van der Waals surface area contributed by atoms with Crippen LogP contribution < -0.4 is 10.6 Å². The second-order valence-electron chi connectivity index (χ2n) is 5.23. The zero-order valence-electron chi connectivity index (χ0n) is 10.3. The van der Waals surface area contributed by atoms with Gasteiger partial charge in [0.05, 0.1) is 0 Å². The van der Waals surface area contributed by atoms with Gasteiger partial charge >= 0.3 is 0 Å². The fourth-order valence-corrected chi connectivity index (χ4v) is 3.87. The lowest BCUT2D eigenvalue weighted by Gasteiger charge is -2.39. The Hall–Kier alpha value is -0.670. The van der Waals surface area contributed by atoms with Crippen molar-refractivity contribution in [3.05, 3.63) is 24.3 Å². The lowest BCUT2D eigenvalue weighted by Crippen LogP contribution is -2.47. The van der Waals surface area contributed by atoms with E-state index in [-0.39, 0.29) is 0 Å². The van der Waals surface area contributed by atoms with E-state index in [0.717, 1.165) is 0 Å². The Bertz CT molecular complexity index is 393. The SMILES string of the molecule is CSc1cccc(N2C3CCC2CC(N)C3)c1. The van der Waals surface area contributed by atoms with Gasteiger partial charge in [-0.1, -0.05) is 6.07 Å². The summed E-state index contributed by atoms with van der Waals surface area (Å²) in [6.07, 6.45) is 7.11. The predicted octanol–water partition coefficient (Wildman–Crippen LogP) is 2.87. The minimum atomic E-state index is 0.424. The first kappa shape index (κ1) is 11.4. The van der Waals surface area contributed by atoms with Gasteiger partial charge in [-0.25, -0.2) is 0 Å². The Labute approximate surface area is 108 Å². The number of thioether (sulfide) groups is 1. The van der Waals surface area contributed by atoms with Gasteiger partial charge in [0.2, 0.25) is 0 Å². The molecule has 2 bridgehead atoms. The average Bonchev–Trinajstić information content (AvgIpc) is 2.62. The van der Waals surface area contributed by atoms with Crippen molar-refractivity contribution < 1.29 is 0 Å². The van der Waals surface area contributed by atoms with Crippen molar-refractivity contribution in [1.82, 2.24) is 0 Å². The molecule has 2 heterocycles. The highest BCUT2D eigenvalue weighted by atomic mass is 32.2. The highest BCUT2D eigenvalue weighted by Gasteiger charge is 2.39. The molecule has 2 nitrogen and oxygen atoms in total. The van der Waals surface area contributed by atoms with E-state index in [1.54, 1.807) is 0 Å². The molecule has 0 aromatic heterocycles. The summed E-state index contributed by atoms with van der Waals surface area (Å²) in [7, 11) is 0. The summed E-state index contributed by atoms with van der Waals surface area (Å²) in [6.45, 7) is 0. The van der Waals surface area contributed by atoms with Crippen LogP contribution in [0.5, 0.6) is 0 Å². The summed E-state index contributed by atoms with van der Waals surface area (Å²) in [5, 5.41) is 0. The van der Waals surface area contributed by atoms with E-state index in [1.807, 2.05) is 11.8 Å². The molecule has 3 heteroatoms. The molecule has 0 amide bonds. The monoisotopic (exact) mass is 248 g/mol. The van der Waals surface area contributed by atoms with Crippen LogP contribution in [0.1, 0.15) is 25.7 Å². The van der Waals surface area contributed by atoms with E-state index < -0.39 is 0 Å². The van der Waals surface area contributed by atoms with Crippen LogP contribution in [0.3, 0.4) is 0 Å². The van der Waals surface area contributed by atoms with Gasteiger partial charge in [0, 0.05) is 28.7 Å². The Morgan fingerprint density at radius 3 is 2.59 bits per heavy atom. The van der Waals surface area contributed by atoms with Crippen LogP contribution in [-0.2, 0) is 0 Å². The van der Waals surface area contributed by atoms with Crippen LogP contribution in [-0.4, -0.2) is 24.4 Å². The predicted molar refractivity (Wildman–Crippen MR) is 74.7 cm³/mol. The highest BCUT2D eigenvalue weighted by Crippen LogP contribution is 2.39. The molecule has 0 radical (unpaired) electrons. The number of hydrogen-bond acceptors (Lipinski definition) is 3. The molecule has 92 valence electrons. The number of fused-ring (bicyclic) bond motifs is 2. The number of hydrogen-bond donors (Lipinski definition) is 1. The molecule has 1 aromatic rings. The van der Waals surface area contributed by atoms with Crippen LogP contribution in [0.4, 0.5) is 5.69 Å². The molecule has 0 saturated carbocycles. The molecule has 2 unspecified atom stereocenters. The maximum Gasteiger partial charge on any atom is 0.0382 e. The van der Waals surface area contributed by atoms with Gasteiger partial charge in [-0.05, 0) is 50.1 Å². The first-order chi connectivity index (χ1) is 8.28. The molecule has 2 N–H and O–H groups in total. The van der Waals surface area contributed by atoms with Gasteiger partial charge in [0.15, 0.2) is 0 Å². The lowest BCUT2D eigenvalue weighted by molar-refractivity contribution is 0.414. The number of piperidine rings is 1. The van der Waals surface area contributed by atoms with E-state index in [9.17, 15) is 0 Å². The van der Waals surface area contributed by atoms with Crippen molar-refractivity contribution in [1.29, 1.82) is 0 Å². The molecular weight excluding hydrogens is 228 g/mol. The van der Waals surface area contributed by atoms with Crippen molar-refractivity contribution in [3.8, 4) is 0 Å². The van der Waals surface area contributed by atoms with E-state index >= 15 is 0 Å². The number of nitrogens with zero attached hydrogens (tertiary/aromatic N) is 1. The highest BCUT2D eigenvalue weighted by molar-refractivity contribution is 7.98. The van der Waals surface area contributed by atoms with Crippen molar-refractivity contribution in [2.24, 2.45) is 5.73 Å². The van der Waals surface area contributed by atoms with Gasteiger partial charge in [-0.2, -0.15) is 0 Å². The largest absolute Gasteiger partial charge is 0.365 e. The van der Waals surface area contributed by atoms with Gasteiger partial charge in [0.25, 0.3) is 0 Å². The number of anilines is 1. The summed E-state index contributed by atoms with van der Waals surface area (Å²) >= 11 is 1.82. The van der Waals surface area contributed by atoms with Gasteiger partial charge in [-0.15, -0.1) is 11.8 Å². The van der Waals surface area contributed by atoms with Gasteiger partial charge in [-0.3, -0.25) is 0 Å². The summed E-state index contributed by atoms with van der Waals surface area (Å²) in [5.41, 5.74) is 7.52. The molecule has 17 heavy (non-hydrogen) atoms. The Morgan fingerprint density at radius 2 is 1.94 bits per heavy atom. The molecule has 2 atom stereocenters. The first-order valence-corrected chi connectivity index (χ1v) is 7.68. The number of rotatable bonds is 2. The smallest absolute Gasteiger partial charge is 0.0382 e. The maximum absolute atomic E-state index is 6.12. The fourth-order valence-electron chi connectivity index (χ4n) is 3.41.